The lowest BCUT2D eigenvalue weighted by Gasteiger charge is -2.09. The number of anilines is 1. The molecule has 5 nitrogen and oxygen atoms in total. The topological polar surface area (TPSA) is 80.3 Å². The molecule has 0 atom stereocenters. The molecule has 0 heterocycles. The van der Waals surface area contributed by atoms with E-state index >= 15 is 0 Å². The van der Waals surface area contributed by atoms with E-state index in [1.165, 1.54) is 36.4 Å². The predicted octanol–water partition coefficient (Wildman–Crippen LogP) is 3.32. The number of hydrogen-bond acceptors (Lipinski definition) is 4. The van der Waals surface area contributed by atoms with Crippen molar-refractivity contribution in [2.75, 3.05) is 4.72 Å². The number of nitrogens with one attached hydrogen (secondary N) is 1. The first kappa shape index (κ1) is 17.2. The van der Waals surface area contributed by atoms with Gasteiger partial charge in [-0.1, -0.05) is 36.4 Å². The van der Waals surface area contributed by atoms with E-state index in [4.69, 9.17) is 0 Å². The molecule has 0 aliphatic carbocycles. The van der Waals surface area contributed by atoms with E-state index in [1.807, 2.05) is 0 Å². The maximum Gasteiger partial charge on any atom is 0.261 e. The Balaban J connectivity index is 1.90. The van der Waals surface area contributed by atoms with E-state index in [1.54, 1.807) is 48.5 Å². The van der Waals surface area contributed by atoms with Crippen LogP contribution in [0.1, 0.15) is 0 Å². The quantitative estimate of drug-likeness (QED) is 0.744. The van der Waals surface area contributed by atoms with E-state index in [0.717, 1.165) is 0 Å². The molecule has 7 heteroatoms. The van der Waals surface area contributed by atoms with Crippen LogP contribution in [0.15, 0.2) is 99.6 Å². The molecule has 3 rings (SSSR count). The maximum absolute atomic E-state index is 12.5. The third kappa shape index (κ3) is 3.72. The number of benzene rings is 3. The van der Waals surface area contributed by atoms with E-state index in [9.17, 15) is 16.8 Å². The first-order valence-corrected chi connectivity index (χ1v) is 10.3. The summed E-state index contributed by atoms with van der Waals surface area (Å²) in [6, 6.07) is 21.6. The summed E-state index contributed by atoms with van der Waals surface area (Å²) in [6.07, 6.45) is 0. The Bertz CT molecular complexity index is 1060. The van der Waals surface area contributed by atoms with Gasteiger partial charge in [0.25, 0.3) is 10.0 Å². The number of sulfonamides is 1. The zero-order chi connectivity index (χ0) is 17.9. The first-order chi connectivity index (χ1) is 11.9. The van der Waals surface area contributed by atoms with Crippen LogP contribution < -0.4 is 4.72 Å². The Hall–Kier alpha value is -2.64. The monoisotopic (exact) mass is 373 g/mol. The summed E-state index contributed by atoms with van der Waals surface area (Å²) < 4.78 is 52.2. The van der Waals surface area contributed by atoms with Crippen molar-refractivity contribution in [2.45, 2.75) is 14.7 Å². The van der Waals surface area contributed by atoms with Crippen LogP contribution in [0.2, 0.25) is 0 Å². The fourth-order valence-corrected chi connectivity index (χ4v) is 4.59. The largest absolute Gasteiger partial charge is 0.280 e. The summed E-state index contributed by atoms with van der Waals surface area (Å²) >= 11 is 0. The molecule has 0 radical (unpaired) electrons. The molecule has 1 N–H and O–H groups in total. The number of sulfone groups is 1. The van der Waals surface area contributed by atoms with Gasteiger partial charge in [0.2, 0.25) is 9.84 Å². The second-order valence-electron chi connectivity index (χ2n) is 5.26. The van der Waals surface area contributed by atoms with E-state index in [0.29, 0.717) is 5.69 Å². The fraction of sp³-hybridized carbons (Fsp3) is 0. The van der Waals surface area contributed by atoms with Crippen molar-refractivity contribution >= 4 is 25.5 Å². The van der Waals surface area contributed by atoms with Crippen molar-refractivity contribution in [2.24, 2.45) is 0 Å². The van der Waals surface area contributed by atoms with Crippen molar-refractivity contribution in [3.05, 3.63) is 84.9 Å². The van der Waals surface area contributed by atoms with E-state index < -0.39 is 19.9 Å². The van der Waals surface area contributed by atoms with Crippen LogP contribution >= 0.6 is 0 Å². The van der Waals surface area contributed by atoms with Crippen molar-refractivity contribution in [1.82, 2.24) is 0 Å². The van der Waals surface area contributed by atoms with Gasteiger partial charge in [0.1, 0.15) is 0 Å². The lowest BCUT2D eigenvalue weighted by Crippen LogP contribution is -2.13. The maximum atomic E-state index is 12.5. The molecule has 0 aliphatic heterocycles. The molecule has 0 aromatic heterocycles. The minimum atomic E-state index is -3.79. The average Bonchev–Trinajstić information content (AvgIpc) is 2.63. The smallest absolute Gasteiger partial charge is 0.261 e. The lowest BCUT2D eigenvalue weighted by molar-refractivity contribution is 0.594. The standard InChI is InChI=1S/C18H15NO4S2/c20-24(21,16-9-5-2-6-10-16)17-11-13-18(14-12-17)25(22,23)19-15-7-3-1-4-8-15/h1-14,19H. The van der Waals surface area contributed by atoms with Crippen LogP contribution in [0.5, 0.6) is 0 Å². The van der Waals surface area contributed by atoms with Crippen LogP contribution in [-0.2, 0) is 19.9 Å². The van der Waals surface area contributed by atoms with Gasteiger partial charge in [-0.05, 0) is 48.5 Å². The molecule has 0 saturated heterocycles. The van der Waals surface area contributed by atoms with Crippen LogP contribution in [0.25, 0.3) is 0 Å². The predicted molar refractivity (Wildman–Crippen MR) is 95.6 cm³/mol. The second-order valence-corrected chi connectivity index (χ2v) is 8.89. The molecular weight excluding hydrogens is 358 g/mol. The molecule has 25 heavy (non-hydrogen) atoms. The average molecular weight is 373 g/mol. The second kappa shape index (κ2) is 6.70. The highest BCUT2D eigenvalue weighted by Crippen LogP contribution is 2.23. The summed E-state index contributed by atoms with van der Waals surface area (Å²) in [5.41, 5.74) is 0.434. The van der Waals surface area contributed by atoms with E-state index in [2.05, 4.69) is 4.72 Å². The summed E-state index contributed by atoms with van der Waals surface area (Å²) in [6.45, 7) is 0. The van der Waals surface area contributed by atoms with Crippen LogP contribution in [0.3, 0.4) is 0 Å². The van der Waals surface area contributed by atoms with Gasteiger partial charge in [-0.3, -0.25) is 4.72 Å². The molecule has 0 fully saturated rings. The highest BCUT2D eigenvalue weighted by atomic mass is 32.2. The number of rotatable bonds is 5. The lowest BCUT2D eigenvalue weighted by atomic mass is 10.3. The van der Waals surface area contributed by atoms with E-state index in [-0.39, 0.29) is 14.7 Å². The highest BCUT2D eigenvalue weighted by molar-refractivity contribution is 7.92. The molecule has 3 aromatic carbocycles. The summed E-state index contributed by atoms with van der Waals surface area (Å²) in [4.78, 5) is 0.189. The van der Waals surface area contributed by atoms with Crippen molar-refractivity contribution in [3.8, 4) is 0 Å². The molecule has 0 saturated carbocycles. The van der Waals surface area contributed by atoms with Gasteiger partial charge in [-0.2, -0.15) is 0 Å². The van der Waals surface area contributed by atoms with Gasteiger partial charge in [0, 0.05) is 5.69 Å². The molecule has 0 bridgehead atoms. The molecule has 0 unspecified atom stereocenters. The van der Waals surface area contributed by atoms with Gasteiger partial charge in [-0.25, -0.2) is 16.8 Å². The first-order valence-electron chi connectivity index (χ1n) is 7.38. The third-order valence-electron chi connectivity index (χ3n) is 3.52. The Morgan fingerprint density at radius 2 is 0.960 bits per heavy atom. The zero-order valence-corrected chi connectivity index (χ0v) is 14.7. The van der Waals surface area contributed by atoms with Crippen LogP contribution in [-0.4, -0.2) is 16.8 Å². The van der Waals surface area contributed by atoms with Gasteiger partial charge >= 0.3 is 0 Å². The molecule has 0 spiro atoms. The Kier molecular flexibility index (Phi) is 4.61. The normalized spacial score (nSPS) is 11.8. The zero-order valence-electron chi connectivity index (χ0n) is 13.0. The Labute approximate surface area is 146 Å². The highest BCUT2D eigenvalue weighted by Gasteiger charge is 2.19. The number of para-hydroxylation sites is 1. The summed E-state index contributed by atoms with van der Waals surface area (Å²) in [7, 11) is -7.46. The third-order valence-corrected chi connectivity index (χ3v) is 6.71. The molecular formula is C18H15NO4S2. The fourth-order valence-electron chi connectivity index (χ4n) is 2.25. The molecule has 3 aromatic rings. The van der Waals surface area contributed by atoms with Crippen LogP contribution in [0.4, 0.5) is 5.69 Å². The van der Waals surface area contributed by atoms with Crippen molar-refractivity contribution < 1.29 is 16.8 Å². The van der Waals surface area contributed by atoms with Gasteiger partial charge in [0.05, 0.1) is 14.7 Å². The summed E-state index contributed by atoms with van der Waals surface area (Å²) in [5, 5.41) is 0. The number of hydrogen-bond donors (Lipinski definition) is 1. The van der Waals surface area contributed by atoms with Crippen molar-refractivity contribution in [3.63, 3.8) is 0 Å². The SMILES string of the molecule is O=S(=O)(Nc1ccccc1)c1ccc(S(=O)(=O)c2ccccc2)cc1. The minimum absolute atomic E-state index is 0.0108. The molecule has 0 amide bonds. The van der Waals surface area contributed by atoms with Crippen LogP contribution in [0, 0.1) is 0 Å². The Morgan fingerprint density at radius 3 is 1.52 bits per heavy atom. The Morgan fingerprint density at radius 1 is 0.520 bits per heavy atom. The van der Waals surface area contributed by atoms with Gasteiger partial charge in [-0.15, -0.1) is 0 Å². The molecule has 0 aliphatic rings. The summed E-state index contributed by atoms with van der Waals surface area (Å²) in [5.74, 6) is 0. The van der Waals surface area contributed by atoms with Gasteiger partial charge < -0.3 is 0 Å². The minimum Gasteiger partial charge on any atom is -0.280 e. The van der Waals surface area contributed by atoms with Crippen molar-refractivity contribution in [1.29, 1.82) is 0 Å². The van der Waals surface area contributed by atoms with Gasteiger partial charge in [0.15, 0.2) is 0 Å². The molecule has 128 valence electrons.